The molecule has 3 nitrogen and oxygen atoms in total. The number of hydrogen-bond donors (Lipinski definition) is 1. The van der Waals surface area contributed by atoms with Gasteiger partial charge in [0, 0.05) is 4.47 Å². The van der Waals surface area contributed by atoms with Gasteiger partial charge in [0.15, 0.2) is 0 Å². The Morgan fingerprint density at radius 3 is 2.75 bits per heavy atom. The molecule has 0 atom stereocenters. The van der Waals surface area contributed by atoms with Crippen LogP contribution in [0.15, 0.2) is 40.9 Å². The molecule has 20 heavy (non-hydrogen) atoms. The third-order valence-electron chi connectivity index (χ3n) is 2.52. The molecule has 2 aromatic carbocycles. The van der Waals surface area contributed by atoms with Gasteiger partial charge in [0.1, 0.15) is 5.82 Å². The molecule has 0 saturated heterocycles. The summed E-state index contributed by atoms with van der Waals surface area (Å²) in [6, 6.07) is 10.2. The van der Waals surface area contributed by atoms with Gasteiger partial charge in [-0.25, -0.2) is 4.39 Å². The summed E-state index contributed by atoms with van der Waals surface area (Å²) in [7, 11) is 0. The second-order valence-electron chi connectivity index (χ2n) is 3.88. The number of amides is 1. The number of nitriles is 1. The van der Waals surface area contributed by atoms with Gasteiger partial charge < -0.3 is 5.32 Å². The normalized spacial score (nSPS) is 9.90. The Balaban J connectivity index is 2.33. The van der Waals surface area contributed by atoms with E-state index in [1.165, 1.54) is 30.3 Å². The standard InChI is InChI=1S/C14H7BrClFN2O/c15-11-3-2-9(17)6-10(11)14(20)19-13-5-8(7-18)1-4-12(13)16/h1-6H,(H,19,20). The lowest BCUT2D eigenvalue weighted by Gasteiger charge is -2.09. The summed E-state index contributed by atoms with van der Waals surface area (Å²) in [6.45, 7) is 0. The highest BCUT2D eigenvalue weighted by atomic mass is 79.9. The van der Waals surface area contributed by atoms with Gasteiger partial charge in [-0.1, -0.05) is 11.6 Å². The van der Waals surface area contributed by atoms with Crippen molar-refractivity contribution in [2.45, 2.75) is 0 Å². The lowest BCUT2D eigenvalue weighted by atomic mass is 10.2. The Morgan fingerprint density at radius 1 is 1.30 bits per heavy atom. The summed E-state index contributed by atoms with van der Waals surface area (Å²) in [5, 5.41) is 11.7. The fourth-order valence-corrected chi connectivity index (χ4v) is 2.14. The van der Waals surface area contributed by atoms with Gasteiger partial charge in [-0.15, -0.1) is 0 Å². The fraction of sp³-hybridized carbons (Fsp3) is 0. The van der Waals surface area contributed by atoms with Gasteiger partial charge in [0.2, 0.25) is 0 Å². The molecule has 2 aromatic rings. The van der Waals surface area contributed by atoms with Crippen molar-refractivity contribution in [1.29, 1.82) is 5.26 Å². The maximum Gasteiger partial charge on any atom is 0.256 e. The number of nitrogens with one attached hydrogen (secondary N) is 1. The molecule has 0 saturated carbocycles. The van der Waals surface area contributed by atoms with Crippen molar-refractivity contribution >= 4 is 39.1 Å². The largest absolute Gasteiger partial charge is 0.321 e. The van der Waals surface area contributed by atoms with E-state index in [9.17, 15) is 9.18 Å². The van der Waals surface area contributed by atoms with E-state index >= 15 is 0 Å². The van der Waals surface area contributed by atoms with E-state index < -0.39 is 11.7 Å². The third-order valence-corrected chi connectivity index (χ3v) is 3.54. The zero-order valence-corrected chi connectivity index (χ0v) is 12.3. The Hall–Kier alpha value is -1.90. The average molecular weight is 354 g/mol. The van der Waals surface area contributed by atoms with Crippen LogP contribution in [0.4, 0.5) is 10.1 Å². The Bertz CT molecular complexity index is 728. The maximum atomic E-state index is 13.2. The molecule has 0 aliphatic heterocycles. The molecule has 100 valence electrons. The minimum atomic E-state index is -0.520. The SMILES string of the molecule is N#Cc1ccc(Cl)c(NC(=O)c2cc(F)ccc2Br)c1. The predicted molar refractivity (Wildman–Crippen MR) is 78.2 cm³/mol. The zero-order valence-electron chi connectivity index (χ0n) is 9.95. The number of halogens is 3. The van der Waals surface area contributed by atoms with Gasteiger partial charge in [0.25, 0.3) is 5.91 Å². The van der Waals surface area contributed by atoms with Gasteiger partial charge >= 0.3 is 0 Å². The molecular formula is C14H7BrClFN2O. The molecule has 0 fully saturated rings. The van der Waals surface area contributed by atoms with Crippen LogP contribution in [0.2, 0.25) is 5.02 Å². The second-order valence-corrected chi connectivity index (χ2v) is 5.15. The van der Waals surface area contributed by atoms with Crippen LogP contribution in [0, 0.1) is 17.1 Å². The summed E-state index contributed by atoms with van der Waals surface area (Å²) in [6.07, 6.45) is 0. The van der Waals surface area contributed by atoms with Crippen LogP contribution in [0.25, 0.3) is 0 Å². The number of carbonyl (C=O) groups excluding carboxylic acids is 1. The minimum Gasteiger partial charge on any atom is -0.321 e. The van der Waals surface area contributed by atoms with Gasteiger partial charge in [-0.05, 0) is 52.3 Å². The van der Waals surface area contributed by atoms with E-state index in [0.717, 1.165) is 6.07 Å². The number of rotatable bonds is 2. The first-order valence-corrected chi connectivity index (χ1v) is 6.64. The molecule has 0 radical (unpaired) electrons. The quantitative estimate of drug-likeness (QED) is 0.872. The molecule has 0 heterocycles. The molecule has 0 bridgehead atoms. The average Bonchev–Trinajstić information content (AvgIpc) is 2.43. The van der Waals surface area contributed by atoms with Crippen molar-refractivity contribution in [3.63, 3.8) is 0 Å². The molecule has 1 amide bonds. The molecular weight excluding hydrogens is 347 g/mol. The summed E-state index contributed by atoms with van der Waals surface area (Å²) in [4.78, 5) is 12.1. The van der Waals surface area contributed by atoms with Crippen molar-refractivity contribution < 1.29 is 9.18 Å². The van der Waals surface area contributed by atoms with E-state index in [1.54, 1.807) is 0 Å². The smallest absolute Gasteiger partial charge is 0.256 e. The lowest BCUT2D eigenvalue weighted by molar-refractivity contribution is 0.102. The highest BCUT2D eigenvalue weighted by Crippen LogP contribution is 2.25. The maximum absolute atomic E-state index is 13.2. The highest BCUT2D eigenvalue weighted by molar-refractivity contribution is 9.10. The summed E-state index contributed by atoms with van der Waals surface area (Å²) in [5.41, 5.74) is 0.804. The van der Waals surface area contributed by atoms with E-state index in [-0.39, 0.29) is 5.56 Å². The van der Waals surface area contributed by atoms with Crippen LogP contribution >= 0.6 is 27.5 Å². The fourth-order valence-electron chi connectivity index (χ4n) is 1.55. The predicted octanol–water partition coefficient (Wildman–Crippen LogP) is 4.37. The van der Waals surface area contributed by atoms with Gasteiger partial charge in [-0.2, -0.15) is 5.26 Å². The van der Waals surface area contributed by atoms with E-state index in [0.29, 0.717) is 20.7 Å². The molecule has 0 unspecified atom stereocenters. The molecule has 2 rings (SSSR count). The van der Waals surface area contributed by atoms with Crippen molar-refractivity contribution in [2.75, 3.05) is 5.32 Å². The Kier molecular flexibility index (Phi) is 4.38. The lowest BCUT2D eigenvalue weighted by Crippen LogP contribution is -2.13. The van der Waals surface area contributed by atoms with Crippen molar-refractivity contribution in [1.82, 2.24) is 0 Å². The molecule has 0 spiro atoms. The number of nitrogens with zero attached hydrogens (tertiary/aromatic N) is 1. The van der Waals surface area contributed by atoms with Crippen molar-refractivity contribution in [3.05, 3.63) is 62.8 Å². The first kappa shape index (κ1) is 14.5. The van der Waals surface area contributed by atoms with Crippen molar-refractivity contribution in [3.8, 4) is 6.07 Å². The highest BCUT2D eigenvalue weighted by Gasteiger charge is 2.13. The number of benzene rings is 2. The topological polar surface area (TPSA) is 52.9 Å². The van der Waals surface area contributed by atoms with E-state index in [2.05, 4.69) is 21.2 Å². The van der Waals surface area contributed by atoms with E-state index in [1.807, 2.05) is 6.07 Å². The van der Waals surface area contributed by atoms with Gasteiger partial charge in [-0.3, -0.25) is 4.79 Å². The first-order valence-electron chi connectivity index (χ1n) is 5.47. The zero-order chi connectivity index (χ0) is 14.7. The molecule has 0 aliphatic rings. The molecule has 6 heteroatoms. The van der Waals surface area contributed by atoms with Crippen LogP contribution in [0.1, 0.15) is 15.9 Å². The Labute approximate surface area is 128 Å². The molecule has 0 aliphatic carbocycles. The number of carbonyl (C=O) groups is 1. The van der Waals surface area contributed by atoms with Crippen LogP contribution in [-0.4, -0.2) is 5.91 Å². The second kappa shape index (κ2) is 6.04. The summed E-state index contributed by atoms with van der Waals surface area (Å²) < 4.78 is 13.6. The minimum absolute atomic E-state index is 0.142. The Morgan fingerprint density at radius 2 is 2.05 bits per heavy atom. The van der Waals surface area contributed by atoms with Crippen LogP contribution in [0.3, 0.4) is 0 Å². The molecule has 0 aromatic heterocycles. The van der Waals surface area contributed by atoms with Gasteiger partial charge in [0.05, 0.1) is 27.9 Å². The first-order chi connectivity index (χ1) is 9.51. The number of anilines is 1. The van der Waals surface area contributed by atoms with E-state index in [4.69, 9.17) is 16.9 Å². The summed E-state index contributed by atoms with van der Waals surface area (Å²) >= 11 is 9.12. The van der Waals surface area contributed by atoms with Crippen LogP contribution < -0.4 is 5.32 Å². The third kappa shape index (κ3) is 3.16. The van der Waals surface area contributed by atoms with Crippen LogP contribution in [-0.2, 0) is 0 Å². The monoisotopic (exact) mass is 352 g/mol. The van der Waals surface area contributed by atoms with Crippen molar-refractivity contribution in [2.24, 2.45) is 0 Å². The molecule has 1 N–H and O–H groups in total. The number of hydrogen-bond acceptors (Lipinski definition) is 2. The van der Waals surface area contributed by atoms with Crippen LogP contribution in [0.5, 0.6) is 0 Å². The summed E-state index contributed by atoms with van der Waals surface area (Å²) in [5.74, 6) is -1.04.